The molecule has 4 rings (SSSR count). The second-order valence-corrected chi connectivity index (χ2v) is 18.8. The van der Waals surface area contributed by atoms with Gasteiger partial charge in [-0.15, -0.1) is 3.71 Å². The number of nitrogens with zero attached hydrogens (tertiary/aromatic N) is 4. The Labute approximate surface area is 290 Å². The number of anilines is 1. The summed E-state index contributed by atoms with van der Waals surface area (Å²) in [6.07, 6.45) is -3.21. The van der Waals surface area contributed by atoms with Crippen molar-refractivity contribution in [1.82, 2.24) is 14.8 Å². The summed E-state index contributed by atoms with van der Waals surface area (Å²) >= 11 is 6.41. The Kier molecular flexibility index (Phi) is 10.4. The average molecular weight is 782 g/mol. The fourth-order valence-corrected chi connectivity index (χ4v) is 8.22. The lowest BCUT2D eigenvalue weighted by Gasteiger charge is -2.19. The molecular formula is C30H29ClF5N5O6S3. The van der Waals surface area contributed by atoms with Gasteiger partial charge < -0.3 is 5.73 Å². The fourth-order valence-electron chi connectivity index (χ4n) is 4.89. The summed E-state index contributed by atoms with van der Waals surface area (Å²) in [6.45, 7) is 0.893. The van der Waals surface area contributed by atoms with Crippen molar-refractivity contribution in [2.45, 2.75) is 43.8 Å². The van der Waals surface area contributed by atoms with Crippen LogP contribution in [0.25, 0.3) is 22.0 Å². The van der Waals surface area contributed by atoms with E-state index >= 15 is 0 Å². The number of alkyl halides is 3. The minimum absolute atomic E-state index is 0.00380. The number of aromatic nitrogens is 3. The number of hydrogen-bond donors (Lipinski definition) is 1. The smallest absolute Gasteiger partial charge is 0.322 e. The highest BCUT2D eigenvalue weighted by Crippen LogP contribution is 2.42. The van der Waals surface area contributed by atoms with Gasteiger partial charge in [-0.3, -0.25) is 4.68 Å². The number of benzene rings is 2. The van der Waals surface area contributed by atoms with Gasteiger partial charge >= 0.3 is 6.18 Å². The number of rotatable bonds is 9. The van der Waals surface area contributed by atoms with Crippen molar-refractivity contribution in [1.29, 1.82) is 0 Å². The Morgan fingerprint density at radius 2 is 1.48 bits per heavy atom. The zero-order valence-corrected chi connectivity index (χ0v) is 30.0. The molecule has 2 aromatic heterocycles. The van der Waals surface area contributed by atoms with E-state index in [0.29, 0.717) is 23.3 Å². The first kappa shape index (κ1) is 39.0. The predicted molar refractivity (Wildman–Crippen MR) is 179 cm³/mol. The van der Waals surface area contributed by atoms with Crippen LogP contribution in [0, 0.1) is 23.5 Å². The summed E-state index contributed by atoms with van der Waals surface area (Å²) in [6, 6.07) is 6.50. The first-order valence-electron chi connectivity index (χ1n) is 14.1. The van der Waals surface area contributed by atoms with Crippen LogP contribution in [0.4, 0.5) is 27.8 Å². The highest BCUT2D eigenvalue weighted by atomic mass is 35.5. The van der Waals surface area contributed by atoms with Crippen LogP contribution in [0.15, 0.2) is 42.5 Å². The van der Waals surface area contributed by atoms with E-state index in [9.17, 15) is 47.2 Å². The maximum atomic E-state index is 14.1. The van der Waals surface area contributed by atoms with Crippen molar-refractivity contribution in [2.24, 2.45) is 5.73 Å². The first-order chi connectivity index (χ1) is 22.7. The van der Waals surface area contributed by atoms with E-state index in [-0.39, 0.29) is 43.2 Å². The highest BCUT2D eigenvalue weighted by Gasteiger charge is 2.37. The standard InChI is InChI=1S/C30H29ClF5N5O6S3/c1-29(2,48(3,42)43)11-10-20-6-7-21(26(38-20)24(37)14-17-12-18(32)15-19(33)13-17)22-8-9-23(31)25-27(22)40(16-30(34,35)36)39-28(25)41(49(4,44)45)50(5,46)47/h6-9,12-13,15,24H,14,16,37H2,1-5H3. The zero-order valence-electron chi connectivity index (χ0n) is 26.8. The number of halogens is 6. The van der Waals surface area contributed by atoms with E-state index in [0.717, 1.165) is 18.4 Å². The van der Waals surface area contributed by atoms with Crippen LogP contribution in [-0.4, -0.2) is 69.7 Å². The van der Waals surface area contributed by atoms with E-state index in [4.69, 9.17) is 17.3 Å². The van der Waals surface area contributed by atoms with Crippen molar-refractivity contribution in [3.63, 3.8) is 0 Å². The van der Waals surface area contributed by atoms with Crippen LogP contribution in [-0.2, 0) is 42.8 Å². The van der Waals surface area contributed by atoms with Gasteiger partial charge in [0.1, 0.15) is 28.6 Å². The minimum atomic E-state index is -4.96. The second-order valence-electron chi connectivity index (χ2n) is 11.9. The molecule has 1 atom stereocenters. The topological polar surface area (TPSA) is 162 Å². The van der Waals surface area contributed by atoms with E-state index in [2.05, 4.69) is 21.9 Å². The van der Waals surface area contributed by atoms with E-state index in [1.807, 2.05) is 0 Å². The summed E-state index contributed by atoms with van der Waals surface area (Å²) in [7, 11) is -13.1. The van der Waals surface area contributed by atoms with Gasteiger partial charge in [0.2, 0.25) is 20.0 Å². The van der Waals surface area contributed by atoms with Crippen molar-refractivity contribution < 1.29 is 47.2 Å². The van der Waals surface area contributed by atoms with Crippen molar-refractivity contribution >= 4 is 58.2 Å². The predicted octanol–water partition coefficient (Wildman–Crippen LogP) is 4.74. The molecule has 270 valence electrons. The molecular weight excluding hydrogens is 753 g/mol. The lowest BCUT2D eigenvalue weighted by molar-refractivity contribution is -0.141. The van der Waals surface area contributed by atoms with Gasteiger partial charge in [-0.05, 0) is 62.1 Å². The van der Waals surface area contributed by atoms with Crippen LogP contribution in [0.5, 0.6) is 0 Å². The van der Waals surface area contributed by atoms with Crippen LogP contribution in [0.3, 0.4) is 0 Å². The number of sulfone groups is 1. The summed E-state index contributed by atoms with van der Waals surface area (Å²) in [4.78, 5) is 4.46. The summed E-state index contributed by atoms with van der Waals surface area (Å²) in [5.74, 6) is 2.50. The molecule has 0 aliphatic heterocycles. The third-order valence-electron chi connectivity index (χ3n) is 7.29. The molecule has 2 aromatic carbocycles. The van der Waals surface area contributed by atoms with Gasteiger partial charge in [-0.2, -0.15) is 18.3 Å². The van der Waals surface area contributed by atoms with Crippen LogP contribution in [0.1, 0.15) is 36.8 Å². The maximum Gasteiger partial charge on any atom is 0.408 e. The van der Waals surface area contributed by atoms with Gasteiger partial charge in [0.15, 0.2) is 15.7 Å². The molecule has 0 fully saturated rings. The molecule has 50 heavy (non-hydrogen) atoms. The molecule has 0 radical (unpaired) electrons. The molecule has 20 heteroatoms. The molecule has 1 unspecified atom stereocenters. The third kappa shape index (κ3) is 8.54. The van der Waals surface area contributed by atoms with Crippen molar-refractivity contribution in [3.05, 3.63) is 76.1 Å². The maximum absolute atomic E-state index is 14.1. The fraction of sp³-hybridized carbons (Fsp3) is 0.333. The molecule has 2 N–H and O–H groups in total. The quantitative estimate of drug-likeness (QED) is 0.187. The molecule has 11 nitrogen and oxygen atoms in total. The third-order valence-corrected chi connectivity index (χ3v) is 12.7. The minimum Gasteiger partial charge on any atom is -0.322 e. The molecule has 0 amide bonds. The van der Waals surface area contributed by atoms with Crippen LogP contribution < -0.4 is 9.44 Å². The molecule has 0 spiro atoms. The van der Waals surface area contributed by atoms with Crippen molar-refractivity contribution in [2.75, 3.05) is 22.5 Å². The molecule has 0 saturated heterocycles. The number of hydrogen-bond acceptors (Lipinski definition) is 9. The van der Waals surface area contributed by atoms with Gasteiger partial charge in [0.05, 0.1) is 40.2 Å². The summed E-state index contributed by atoms with van der Waals surface area (Å²) < 4.78 is 144. The Morgan fingerprint density at radius 3 is 2.00 bits per heavy atom. The largest absolute Gasteiger partial charge is 0.408 e. The van der Waals surface area contributed by atoms with E-state index < -0.39 is 81.7 Å². The highest BCUT2D eigenvalue weighted by molar-refractivity contribution is 8.09. The number of sulfonamides is 2. The lowest BCUT2D eigenvalue weighted by atomic mass is 9.94. The Bertz CT molecular complexity index is 2350. The monoisotopic (exact) mass is 781 g/mol. The summed E-state index contributed by atoms with van der Waals surface area (Å²) in [5, 5.41) is 2.94. The normalized spacial score (nSPS) is 13.6. The molecule has 4 aromatic rings. The van der Waals surface area contributed by atoms with Gasteiger partial charge in [-0.25, -0.2) is 39.0 Å². The summed E-state index contributed by atoms with van der Waals surface area (Å²) in [5.41, 5.74) is 5.92. The SMILES string of the molecule is CC(C)(C#Cc1ccc(-c2ccc(Cl)c3c(N(S(C)(=O)=O)S(C)(=O)=O)nn(CC(F)(F)F)c23)c(C(N)Cc2cc(F)cc(F)c2)n1)S(C)(=O)=O. The van der Waals surface area contributed by atoms with E-state index in [1.165, 1.54) is 38.1 Å². The van der Waals surface area contributed by atoms with Gasteiger partial charge in [0, 0.05) is 23.4 Å². The molecule has 0 aliphatic carbocycles. The van der Waals surface area contributed by atoms with Crippen LogP contribution >= 0.6 is 11.6 Å². The zero-order chi connectivity index (χ0) is 37.8. The number of fused-ring (bicyclic) bond motifs is 1. The van der Waals surface area contributed by atoms with Crippen molar-refractivity contribution in [3.8, 4) is 23.0 Å². The van der Waals surface area contributed by atoms with Crippen LogP contribution in [0.2, 0.25) is 5.02 Å². The average Bonchev–Trinajstić information content (AvgIpc) is 3.26. The number of nitrogens with two attached hydrogens (primary N) is 1. The Balaban J connectivity index is 2.10. The Hall–Kier alpha value is -3.83. The molecule has 0 saturated carbocycles. The van der Waals surface area contributed by atoms with Gasteiger partial charge in [-0.1, -0.05) is 23.6 Å². The number of pyridine rings is 1. The molecule has 0 aliphatic rings. The molecule has 0 bridgehead atoms. The van der Waals surface area contributed by atoms with E-state index in [1.54, 1.807) is 0 Å². The second kappa shape index (κ2) is 13.4. The molecule has 2 heterocycles. The van der Waals surface area contributed by atoms with Gasteiger partial charge in [0.25, 0.3) is 0 Å². The lowest BCUT2D eigenvalue weighted by Crippen LogP contribution is -2.36. The Morgan fingerprint density at radius 1 is 0.920 bits per heavy atom. The first-order valence-corrected chi connectivity index (χ1v) is 20.1.